The highest BCUT2D eigenvalue weighted by atomic mass is 19.4. The molecule has 0 unspecified atom stereocenters. The maximum absolute atomic E-state index is 13.9. The molecule has 0 aromatic heterocycles. The molecule has 21 heavy (non-hydrogen) atoms. The average molecular weight is 309 g/mol. The lowest BCUT2D eigenvalue weighted by Crippen LogP contribution is -2.35. The molecule has 0 atom stereocenters. The number of alkyl halides is 3. The second-order valence-corrected chi connectivity index (χ2v) is 4.67. The van der Waals surface area contributed by atoms with Crippen molar-refractivity contribution >= 4 is 11.5 Å². The summed E-state index contributed by atoms with van der Waals surface area (Å²) in [7, 11) is 0. The minimum atomic E-state index is -4.58. The molecule has 0 spiro atoms. The van der Waals surface area contributed by atoms with Crippen molar-refractivity contribution in [3.05, 3.63) is 23.8 Å². The molecule has 0 radical (unpaired) electrons. The predicted molar refractivity (Wildman–Crippen MR) is 64.4 cm³/mol. The molecule has 1 aliphatic heterocycles. The van der Waals surface area contributed by atoms with Crippen molar-refractivity contribution in [3.8, 4) is 5.75 Å². The first-order valence-corrected chi connectivity index (χ1v) is 6.21. The van der Waals surface area contributed by atoms with Crippen molar-refractivity contribution in [2.24, 2.45) is 0 Å². The summed E-state index contributed by atoms with van der Waals surface area (Å²) in [4.78, 5) is 12.5. The van der Waals surface area contributed by atoms with Gasteiger partial charge in [-0.1, -0.05) is 0 Å². The molecular weight excluding hydrogens is 297 g/mol. The maximum Gasteiger partial charge on any atom is 0.422 e. The van der Waals surface area contributed by atoms with E-state index in [0.717, 1.165) is 0 Å². The van der Waals surface area contributed by atoms with Crippen LogP contribution in [0.5, 0.6) is 5.75 Å². The topological polar surface area (TPSA) is 29.5 Å². The van der Waals surface area contributed by atoms with Gasteiger partial charge in [0.25, 0.3) is 0 Å². The number of ketones is 1. The van der Waals surface area contributed by atoms with Crippen LogP contribution in [-0.2, 0) is 4.79 Å². The van der Waals surface area contributed by atoms with E-state index in [1.54, 1.807) is 0 Å². The number of hydrogen-bond acceptors (Lipinski definition) is 3. The Hall–Kier alpha value is -1.86. The van der Waals surface area contributed by atoms with E-state index in [1.165, 1.54) is 4.90 Å². The van der Waals surface area contributed by atoms with Crippen molar-refractivity contribution in [3.63, 3.8) is 0 Å². The summed E-state index contributed by atoms with van der Waals surface area (Å²) < 4.78 is 68.1. The van der Waals surface area contributed by atoms with Crippen molar-refractivity contribution in [2.45, 2.75) is 19.0 Å². The minimum absolute atomic E-state index is 0.0113. The van der Waals surface area contributed by atoms with Crippen LogP contribution in [0.15, 0.2) is 12.1 Å². The zero-order valence-electron chi connectivity index (χ0n) is 10.8. The molecule has 0 bridgehead atoms. The molecule has 116 valence electrons. The van der Waals surface area contributed by atoms with Gasteiger partial charge in [-0.3, -0.25) is 4.79 Å². The minimum Gasteiger partial charge on any atom is -0.484 e. The molecule has 0 N–H and O–H groups in total. The zero-order valence-corrected chi connectivity index (χ0v) is 10.8. The third-order valence-electron chi connectivity index (χ3n) is 3.03. The number of piperidine rings is 1. The van der Waals surface area contributed by atoms with Gasteiger partial charge >= 0.3 is 6.18 Å². The lowest BCUT2D eigenvalue weighted by atomic mass is 10.1. The fraction of sp³-hybridized carbons (Fsp3) is 0.462. The van der Waals surface area contributed by atoms with E-state index in [9.17, 15) is 26.7 Å². The highest BCUT2D eigenvalue weighted by Crippen LogP contribution is 2.30. The Bertz CT molecular complexity index is 511. The van der Waals surface area contributed by atoms with Crippen LogP contribution in [-0.4, -0.2) is 31.7 Å². The maximum atomic E-state index is 13.9. The van der Waals surface area contributed by atoms with Crippen LogP contribution in [0.25, 0.3) is 0 Å². The van der Waals surface area contributed by atoms with Crippen LogP contribution in [0.1, 0.15) is 12.8 Å². The van der Waals surface area contributed by atoms with Gasteiger partial charge in [-0.05, 0) is 0 Å². The van der Waals surface area contributed by atoms with E-state index in [1.807, 2.05) is 0 Å². The summed E-state index contributed by atoms with van der Waals surface area (Å²) in [6.07, 6.45) is -4.21. The number of carbonyl (C=O) groups excluding carboxylic acids is 1. The quantitative estimate of drug-likeness (QED) is 0.804. The summed E-state index contributed by atoms with van der Waals surface area (Å²) in [5.74, 6) is -2.54. The van der Waals surface area contributed by atoms with Gasteiger partial charge in [0.15, 0.2) is 18.2 Å². The normalized spacial score (nSPS) is 16.2. The predicted octanol–water partition coefficient (Wildman–Crippen LogP) is 3.08. The van der Waals surface area contributed by atoms with Crippen LogP contribution in [0, 0.1) is 11.6 Å². The van der Waals surface area contributed by atoms with E-state index in [2.05, 4.69) is 4.74 Å². The van der Waals surface area contributed by atoms with E-state index in [0.29, 0.717) is 12.1 Å². The summed E-state index contributed by atoms with van der Waals surface area (Å²) in [5.41, 5.74) is -0.346. The summed E-state index contributed by atoms with van der Waals surface area (Å²) in [6.45, 7) is -1.27. The summed E-state index contributed by atoms with van der Waals surface area (Å²) in [6, 6.07) is 1.42. The van der Waals surface area contributed by atoms with Crippen LogP contribution in [0.3, 0.4) is 0 Å². The first-order chi connectivity index (χ1) is 9.76. The van der Waals surface area contributed by atoms with E-state index < -0.39 is 30.2 Å². The number of hydrogen-bond donors (Lipinski definition) is 0. The number of anilines is 1. The van der Waals surface area contributed by atoms with Gasteiger partial charge in [-0.15, -0.1) is 0 Å². The van der Waals surface area contributed by atoms with E-state index in [-0.39, 0.29) is 37.4 Å². The van der Waals surface area contributed by atoms with Gasteiger partial charge in [-0.2, -0.15) is 13.2 Å². The van der Waals surface area contributed by atoms with Crippen molar-refractivity contribution in [1.29, 1.82) is 0 Å². The highest BCUT2D eigenvalue weighted by molar-refractivity contribution is 5.81. The molecule has 0 saturated carbocycles. The van der Waals surface area contributed by atoms with Crippen molar-refractivity contribution in [1.82, 2.24) is 0 Å². The molecule has 1 aromatic carbocycles. The molecule has 1 fully saturated rings. The van der Waals surface area contributed by atoms with Gasteiger partial charge in [0.05, 0.1) is 0 Å². The molecular formula is C13H12F5NO2. The molecule has 1 heterocycles. The fourth-order valence-corrected chi connectivity index (χ4v) is 2.07. The summed E-state index contributed by atoms with van der Waals surface area (Å²) in [5, 5.41) is 0. The van der Waals surface area contributed by atoms with Crippen molar-refractivity contribution < 1.29 is 31.5 Å². The molecule has 0 aliphatic carbocycles. The Morgan fingerprint density at radius 1 is 1.10 bits per heavy atom. The number of nitrogens with zero attached hydrogens (tertiary/aromatic N) is 1. The monoisotopic (exact) mass is 309 g/mol. The first kappa shape index (κ1) is 15.5. The SMILES string of the molecule is O=C1CCN(c2c(F)cc(OCC(F)(F)F)cc2F)CC1. The molecule has 0 amide bonds. The lowest BCUT2D eigenvalue weighted by Gasteiger charge is -2.28. The molecule has 1 aromatic rings. The molecule has 2 rings (SSSR count). The van der Waals surface area contributed by atoms with Crippen molar-refractivity contribution in [2.75, 3.05) is 24.6 Å². The van der Waals surface area contributed by atoms with Crippen LogP contribution in [0.2, 0.25) is 0 Å². The van der Waals surface area contributed by atoms with Gasteiger partial charge < -0.3 is 9.64 Å². The van der Waals surface area contributed by atoms with Crippen LogP contribution in [0.4, 0.5) is 27.6 Å². The zero-order chi connectivity index (χ0) is 15.6. The smallest absolute Gasteiger partial charge is 0.422 e. The number of benzene rings is 1. The second-order valence-electron chi connectivity index (χ2n) is 4.67. The molecule has 3 nitrogen and oxygen atoms in total. The van der Waals surface area contributed by atoms with Gasteiger partial charge in [0, 0.05) is 38.1 Å². The molecule has 1 saturated heterocycles. The number of carbonyl (C=O) groups is 1. The standard InChI is InChI=1S/C13H12F5NO2/c14-10-5-9(21-7-13(16,17)18)6-11(15)12(10)19-3-1-8(20)2-4-19/h5-6H,1-4,7H2. The molecule has 1 aliphatic rings. The average Bonchev–Trinajstić information content (AvgIpc) is 2.37. The second kappa shape index (κ2) is 5.87. The van der Waals surface area contributed by atoms with Gasteiger partial charge in [-0.25, -0.2) is 8.78 Å². The van der Waals surface area contributed by atoms with Gasteiger partial charge in [0.1, 0.15) is 17.2 Å². The number of ether oxygens (including phenoxy) is 1. The Morgan fingerprint density at radius 2 is 1.62 bits per heavy atom. The third-order valence-corrected chi connectivity index (χ3v) is 3.03. The fourth-order valence-electron chi connectivity index (χ4n) is 2.07. The highest BCUT2D eigenvalue weighted by Gasteiger charge is 2.29. The Kier molecular flexibility index (Phi) is 4.34. The van der Waals surface area contributed by atoms with Crippen LogP contribution >= 0.6 is 0 Å². The Labute approximate surface area is 117 Å². The molecule has 8 heteroatoms. The Morgan fingerprint density at radius 3 is 2.10 bits per heavy atom. The van der Waals surface area contributed by atoms with E-state index in [4.69, 9.17) is 0 Å². The van der Waals surface area contributed by atoms with Crippen LogP contribution < -0.4 is 9.64 Å². The largest absolute Gasteiger partial charge is 0.484 e. The number of halogens is 5. The first-order valence-electron chi connectivity index (χ1n) is 6.21. The Balaban J connectivity index is 2.15. The van der Waals surface area contributed by atoms with E-state index >= 15 is 0 Å². The number of Topliss-reactive ketones (excluding diaryl/α,β-unsaturated/α-hetero) is 1. The lowest BCUT2D eigenvalue weighted by molar-refractivity contribution is -0.153. The number of rotatable bonds is 3. The summed E-state index contributed by atoms with van der Waals surface area (Å²) >= 11 is 0. The third kappa shape index (κ3) is 4.05. The van der Waals surface area contributed by atoms with Gasteiger partial charge in [0.2, 0.25) is 0 Å².